The minimum Gasteiger partial charge on any atom is -0.350 e. The van der Waals surface area contributed by atoms with Gasteiger partial charge in [-0.15, -0.1) is 0 Å². The molecule has 4 heteroatoms. The van der Waals surface area contributed by atoms with Crippen LogP contribution in [0.2, 0.25) is 0 Å². The number of amides is 1. The van der Waals surface area contributed by atoms with Crippen molar-refractivity contribution in [2.45, 2.75) is 34.6 Å². The first-order valence-electron chi connectivity index (χ1n) is 6.48. The van der Waals surface area contributed by atoms with Crippen molar-refractivity contribution >= 4 is 5.91 Å². The SMILES string of the molecule is Cc1cnc(C(=O)NCC(C(C)C)C(C)C)cn1. The molecule has 4 nitrogen and oxygen atoms in total. The van der Waals surface area contributed by atoms with E-state index in [1.807, 2.05) is 6.92 Å². The van der Waals surface area contributed by atoms with Crippen LogP contribution in [0.5, 0.6) is 0 Å². The van der Waals surface area contributed by atoms with E-state index >= 15 is 0 Å². The van der Waals surface area contributed by atoms with Crippen molar-refractivity contribution in [2.75, 3.05) is 6.54 Å². The number of aryl methyl sites for hydroxylation is 1. The molecule has 0 saturated heterocycles. The smallest absolute Gasteiger partial charge is 0.271 e. The standard InChI is InChI=1S/C14H23N3O/c1-9(2)12(10(3)4)7-17-14(18)13-8-15-11(5)6-16-13/h6,8-10,12H,7H2,1-5H3,(H,17,18). The molecule has 0 fully saturated rings. The summed E-state index contributed by atoms with van der Waals surface area (Å²) in [6.07, 6.45) is 3.13. The third-order valence-corrected chi connectivity index (χ3v) is 3.22. The van der Waals surface area contributed by atoms with Gasteiger partial charge in [-0.25, -0.2) is 4.98 Å². The number of aromatic nitrogens is 2. The van der Waals surface area contributed by atoms with Gasteiger partial charge >= 0.3 is 0 Å². The van der Waals surface area contributed by atoms with Gasteiger partial charge in [-0.3, -0.25) is 9.78 Å². The average molecular weight is 249 g/mol. The second-order valence-electron chi connectivity index (χ2n) is 5.40. The highest BCUT2D eigenvalue weighted by atomic mass is 16.1. The summed E-state index contributed by atoms with van der Waals surface area (Å²) < 4.78 is 0. The van der Waals surface area contributed by atoms with Crippen LogP contribution < -0.4 is 5.32 Å². The number of hydrogen-bond donors (Lipinski definition) is 1. The molecule has 0 bridgehead atoms. The molecule has 0 aliphatic heterocycles. The van der Waals surface area contributed by atoms with E-state index in [0.717, 1.165) is 5.69 Å². The Balaban J connectivity index is 2.57. The summed E-state index contributed by atoms with van der Waals surface area (Å²) in [5.41, 5.74) is 1.20. The fourth-order valence-corrected chi connectivity index (χ4v) is 2.05. The second-order valence-corrected chi connectivity index (χ2v) is 5.40. The zero-order chi connectivity index (χ0) is 13.7. The average Bonchev–Trinajstić information content (AvgIpc) is 2.28. The number of rotatable bonds is 5. The van der Waals surface area contributed by atoms with Crippen molar-refractivity contribution < 1.29 is 4.79 Å². The van der Waals surface area contributed by atoms with E-state index in [1.165, 1.54) is 6.20 Å². The molecule has 1 aromatic rings. The Labute approximate surface area is 109 Å². The van der Waals surface area contributed by atoms with Crippen molar-refractivity contribution in [3.63, 3.8) is 0 Å². The Kier molecular flexibility index (Phi) is 5.25. The Morgan fingerprint density at radius 1 is 1.17 bits per heavy atom. The van der Waals surface area contributed by atoms with Crippen molar-refractivity contribution in [3.05, 3.63) is 23.8 Å². The molecule has 1 aromatic heterocycles. The zero-order valence-corrected chi connectivity index (χ0v) is 11.9. The van der Waals surface area contributed by atoms with Crippen LogP contribution in [-0.2, 0) is 0 Å². The van der Waals surface area contributed by atoms with E-state index in [9.17, 15) is 4.79 Å². The topological polar surface area (TPSA) is 54.9 Å². The lowest BCUT2D eigenvalue weighted by atomic mass is 9.85. The fourth-order valence-electron chi connectivity index (χ4n) is 2.05. The van der Waals surface area contributed by atoms with E-state index in [0.29, 0.717) is 30.0 Å². The van der Waals surface area contributed by atoms with Crippen LogP contribution in [0.3, 0.4) is 0 Å². The molecular formula is C14H23N3O. The highest BCUT2D eigenvalue weighted by Gasteiger charge is 2.18. The number of carbonyl (C=O) groups is 1. The van der Waals surface area contributed by atoms with Crippen molar-refractivity contribution in [2.24, 2.45) is 17.8 Å². The van der Waals surface area contributed by atoms with Crippen LogP contribution in [0, 0.1) is 24.7 Å². The van der Waals surface area contributed by atoms with Gasteiger partial charge in [0.05, 0.1) is 11.9 Å². The number of nitrogens with one attached hydrogen (secondary N) is 1. The van der Waals surface area contributed by atoms with Crippen LogP contribution in [0.15, 0.2) is 12.4 Å². The Morgan fingerprint density at radius 3 is 2.22 bits per heavy atom. The third kappa shape index (κ3) is 4.09. The number of hydrogen-bond acceptors (Lipinski definition) is 3. The molecule has 0 aliphatic carbocycles. The summed E-state index contributed by atoms with van der Waals surface area (Å²) >= 11 is 0. The lowest BCUT2D eigenvalue weighted by Gasteiger charge is -2.24. The molecule has 0 unspecified atom stereocenters. The predicted molar refractivity (Wildman–Crippen MR) is 72.3 cm³/mol. The molecule has 0 aromatic carbocycles. The van der Waals surface area contributed by atoms with Gasteiger partial charge in [0, 0.05) is 12.7 Å². The van der Waals surface area contributed by atoms with E-state index in [2.05, 4.69) is 43.0 Å². The maximum Gasteiger partial charge on any atom is 0.271 e. The molecule has 1 N–H and O–H groups in total. The quantitative estimate of drug-likeness (QED) is 0.872. The fraction of sp³-hybridized carbons (Fsp3) is 0.643. The van der Waals surface area contributed by atoms with Crippen LogP contribution in [-0.4, -0.2) is 22.4 Å². The molecule has 0 saturated carbocycles. The van der Waals surface area contributed by atoms with Gasteiger partial charge in [0.1, 0.15) is 5.69 Å². The largest absolute Gasteiger partial charge is 0.350 e. The van der Waals surface area contributed by atoms with Crippen LogP contribution in [0.25, 0.3) is 0 Å². The number of carbonyl (C=O) groups excluding carboxylic acids is 1. The van der Waals surface area contributed by atoms with E-state index in [1.54, 1.807) is 6.20 Å². The molecule has 1 rings (SSSR count). The van der Waals surface area contributed by atoms with Crippen LogP contribution in [0.4, 0.5) is 0 Å². The first-order valence-corrected chi connectivity index (χ1v) is 6.48. The van der Waals surface area contributed by atoms with Crippen molar-refractivity contribution in [1.82, 2.24) is 15.3 Å². The molecule has 0 spiro atoms. The van der Waals surface area contributed by atoms with E-state index in [-0.39, 0.29) is 5.91 Å². The summed E-state index contributed by atoms with van der Waals surface area (Å²) in [5.74, 6) is 1.44. The predicted octanol–water partition coefficient (Wildman–Crippen LogP) is 2.44. The molecule has 0 atom stereocenters. The highest BCUT2D eigenvalue weighted by Crippen LogP contribution is 2.19. The van der Waals surface area contributed by atoms with Crippen LogP contribution in [0.1, 0.15) is 43.9 Å². The molecule has 1 amide bonds. The normalized spacial score (nSPS) is 11.3. The Morgan fingerprint density at radius 2 is 1.78 bits per heavy atom. The summed E-state index contributed by atoms with van der Waals surface area (Å²) in [4.78, 5) is 20.0. The minimum absolute atomic E-state index is 0.145. The lowest BCUT2D eigenvalue weighted by molar-refractivity contribution is 0.0931. The summed E-state index contributed by atoms with van der Waals surface area (Å²) in [6, 6.07) is 0. The van der Waals surface area contributed by atoms with Gasteiger partial charge in [0.15, 0.2) is 0 Å². The maximum atomic E-state index is 11.9. The van der Waals surface area contributed by atoms with Gasteiger partial charge in [-0.05, 0) is 24.7 Å². The minimum atomic E-state index is -0.145. The van der Waals surface area contributed by atoms with Crippen molar-refractivity contribution in [3.8, 4) is 0 Å². The number of nitrogens with zero attached hydrogens (tertiary/aromatic N) is 2. The molecule has 18 heavy (non-hydrogen) atoms. The second kappa shape index (κ2) is 6.47. The molecule has 1 heterocycles. The highest BCUT2D eigenvalue weighted by molar-refractivity contribution is 5.91. The summed E-state index contributed by atoms with van der Waals surface area (Å²) in [6.45, 7) is 11.3. The van der Waals surface area contributed by atoms with Gasteiger partial charge in [-0.2, -0.15) is 0 Å². The first kappa shape index (κ1) is 14.6. The van der Waals surface area contributed by atoms with Crippen LogP contribution >= 0.6 is 0 Å². The van der Waals surface area contributed by atoms with Gasteiger partial charge in [-0.1, -0.05) is 27.7 Å². The monoisotopic (exact) mass is 249 g/mol. The van der Waals surface area contributed by atoms with E-state index < -0.39 is 0 Å². The molecule has 0 aliphatic rings. The van der Waals surface area contributed by atoms with Gasteiger partial charge in [0.25, 0.3) is 5.91 Å². The molecule has 0 radical (unpaired) electrons. The maximum absolute atomic E-state index is 11.9. The molecule has 100 valence electrons. The summed E-state index contributed by atoms with van der Waals surface area (Å²) in [7, 11) is 0. The van der Waals surface area contributed by atoms with Gasteiger partial charge in [0.2, 0.25) is 0 Å². The first-order chi connectivity index (χ1) is 8.41. The van der Waals surface area contributed by atoms with E-state index in [4.69, 9.17) is 0 Å². The summed E-state index contributed by atoms with van der Waals surface area (Å²) in [5, 5.41) is 2.94. The van der Waals surface area contributed by atoms with Crippen molar-refractivity contribution in [1.29, 1.82) is 0 Å². The zero-order valence-electron chi connectivity index (χ0n) is 11.9. The Bertz CT molecular complexity index is 377. The Hall–Kier alpha value is -1.45. The van der Waals surface area contributed by atoms with Gasteiger partial charge < -0.3 is 5.32 Å². The molecular weight excluding hydrogens is 226 g/mol. The lowest BCUT2D eigenvalue weighted by Crippen LogP contribution is -2.34. The third-order valence-electron chi connectivity index (χ3n) is 3.22.